The molecule has 0 atom stereocenters. The lowest BCUT2D eigenvalue weighted by molar-refractivity contribution is 0.0784. The third-order valence-corrected chi connectivity index (χ3v) is 3.94. The number of hydrogen-bond donors (Lipinski definition) is 0. The number of ether oxygens (including phenoxy) is 1. The quantitative estimate of drug-likeness (QED) is 0.856. The number of rotatable bonds is 4. The Morgan fingerprint density at radius 3 is 2.22 bits per heavy atom. The van der Waals surface area contributed by atoms with Crippen molar-refractivity contribution in [3.8, 4) is 0 Å². The number of carbonyl (C=O) groups is 2. The number of piperazine rings is 1. The molecule has 0 N–H and O–H groups in total. The van der Waals surface area contributed by atoms with Crippen molar-refractivity contribution in [3.63, 3.8) is 0 Å². The predicted molar refractivity (Wildman–Crippen MR) is 88.1 cm³/mol. The molecule has 0 aromatic heterocycles. The molecular formula is C17H25N3O3. The van der Waals surface area contributed by atoms with Gasteiger partial charge in [0.05, 0.1) is 6.61 Å². The van der Waals surface area contributed by atoms with E-state index >= 15 is 0 Å². The summed E-state index contributed by atoms with van der Waals surface area (Å²) in [5.74, 6) is 0. The number of nitrogens with zero attached hydrogens (tertiary/aromatic N) is 3. The minimum absolute atomic E-state index is 0.0276. The van der Waals surface area contributed by atoms with E-state index in [9.17, 15) is 9.59 Å². The second-order valence-electron chi connectivity index (χ2n) is 5.46. The Kier molecular flexibility index (Phi) is 6.26. The van der Waals surface area contributed by atoms with Gasteiger partial charge < -0.3 is 19.4 Å². The maximum Gasteiger partial charge on any atom is 0.409 e. The molecule has 1 aliphatic rings. The van der Waals surface area contributed by atoms with E-state index in [4.69, 9.17) is 4.74 Å². The van der Waals surface area contributed by atoms with Gasteiger partial charge in [-0.1, -0.05) is 30.3 Å². The minimum Gasteiger partial charge on any atom is -0.450 e. The summed E-state index contributed by atoms with van der Waals surface area (Å²) in [5.41, 5.74) is 1.12. The first-order valence-corrected chi connectivity index (χ1v) is 8.15. The molecule has 0 saturated carbocycles. The summed E-state index contributed by atoms with van der Waals surface area (Å²) in [6.45, 7) is 7.54. The van der Waals surface area contributed by atoms with Crippen LogP contribution in [-0.2, 0) is 11.3 Å². The molecule has 6 nitrogen and oxygen atoms in total. The van der Waals surface area contributed by atoms with Gasteiger partial charge in [0.25, 0.3) is 0 Å². The highest BCUT2D eigenvalue weighted by atomic mass is 16.6. The van der Waals surface area contributed by atoms with Gasteiger partial charge in [0, 0.05) is 39.3 Å². The first kappa shape index (κ1) is 17.1. The largest absolute Gasteiger partial charge is 0.450 e. The van der Waals surface area contributed by atoms with Crippen LogP contribution in [0.15, 0.2) is 30.3 Å². The molecule has 0 bridgehead atoms. The summed E-state index contributed by atoms with van der Waals surface area (Å²) in [7, 11) is 0. The van der Waals surface area contributed by atoms with Crippen LogP contribution in [0, 0.1) is 0 Å². The molecule has 2 rings (SSSR count). The van der Waals surface area contributed by atoms with Gasteiger partial charge in [0.2, 0.25) is 0 Å². The number of amides is 3. The van der Waals surface area contributed by atoms with Crippen molar-refractivity contribution >= 4 is 12.1 Å². The average Bonchev–Trinajstić information content (AvgIpc) is 2.60. The van der Waals surface area contributed by atoms with Crippen molar-refractivity contribution in [1.82, 2.24) is 14.7 Å². The van der Waals surface area contributed by atoms with Gasteiger partial charge in [-0.2, -0.15) is 0 Å². The van der Waals surface area contributed by atoms with E-state index in [1.54, 1.807) is 11.8 Å². The van der Waals surface area contributed by atoms with Crippen LogP contribution in [0.5, 0.6) is 0 Å². The Balaban J connectivity index is 1.88. The first-order valence-electron chi connectivity index (χ1n) is 8.15. The highest BCUT2D eigenvalue weighted by molar-refractivity contribution is 5.75. The summed E-state index contributed by atoms with van der Waals surface area (Å²) in [6.07, 6.45) is -0.295. The lowest BCUT2D eigenvalue weighted by Crippen LogP contribution is -2.54. The van der Waals surface area contributed by atoms with Crippen molar-refractivity contribution < 1.29 is 14.3 Å². The summed E-state index contributed by atoms with van der Waals surface area (Å²) in [5, 5.41) is 0. The van der Waals surface area contributed by atoms with Crippen molar-refractivity contribution in [2.24, 2.45) is 0 Å². The van der Waals surface area contributed by atoms with E-state index in [1.807, 2.05) is 47.1 Å². The molecule has 1 aromatic carbocycles. The van der Waals surface area contributed by atoms with E-state index in [1.165, 1.54) is 0 Å². The molecule has 0 radical (unpaired) electrons. The van der Waals surface area contributed by atoms with Gasteiger partial charge in [-0.25, -0.2) is 9.59 Å². The molecule has 1 saturated heterocycles. The van der Waals surface area contributed by atoms with Crippen molar-refractivity contribution in [2.45, 2.75) is 20.4 Å². The van der Waals surface area contributed by atoms with E-state index < -0.39 is 0 Å². The van der Waals surface area contributed by atoms with E-state index in [-0.39, 0.29) is 12.1 Å². The van der Waals surface area contributed by atoms with Gasteiger partial charge in [-0.15, -0.1) is 0 Å². The van der Waals surface area contributed by atoms with Gasteiger partial charge in [-0.3, -0.25) is 0 Å². The zero-order valence-electron chi connectivity index (χ0n) is 13.9. The fourth-order valence-corrected chi connectivity index (χ4v) is 2.61. The molecule has 6 heteroatoms. The number of benzene rings is 1. The molecule has 23 heavy (non-hydrogen) atoms. The molecule has 1 aliphatic heterocycles. The SMILES string of the molecule is CCOC(=O)N1CCN(C(=O)N(CC)Cc2ccccc2)CC1. The Labute approximate surface area is 137 Å². The third kappa shape index (κ3) is 4.61. The number of hydrogen-bond acceptors (Lipinski definition) is 3. The van der Waals surface area contributed by atoms with Gasteiger partial charge in [-0.05, 0) is 19.4 Å². The van der Waals surface area contributed by atoms with Crippen molar-refractivity contribution in [2.75, 3.05) is 39.3 Å². The topological polar surface area (TPSA) is 53.1 Å². The molecule has 0 unspecified atom stereocenters. The van der Waals surface area contributed by atoms with E-state index in [0.29, 0.717) is 45.9 Å². The molecule has 1 fully saturated rings. The summed E-state index contributed by atoms with van der Waals surface area (Å²) >= 11 is 0. The predicted octanol–water partition coefficient (Wildman–Crippen LogP) is 2.40. The zero-order chi connectivity index (χ0) is 16.7. The number of carbonyl (C=O) groups excluding carboxylic acids is 2. The second-order valence-corrected chi connectivity index (χ2v) is 5.46. The first-order chi connectivity index (χ1) is 11.2. The highest BCUT2D eigenvalue weighted by Gasteiger charge is 2.27. The fourth-order valence-electron chi connectivity index (χ4n) is 2.61. The molecule has 126 valence electrons. The minimum atomic E-state index is -0.295. The van der Waals surface area contributed by atoms with Crippen LogP contribution in [0.3, 0.4) is 0 Å². The molecule has 1 heterocycles. The molecule has 1 aromatic rings. The molecule has 3 amide bonds. The Hall–Kier alpha value is -2.24. The maximum absolute atomic E-state index is 12.7. The molecule has 0 aliphatic carbocycles. The normalized spacial score (nSPS) is 14.5. The highest BCUT2D eigenvalue weighted by Crippen LogP contribution is 2.10. The van der Waals surface area contributed by atoms with Crippen molar-refractivity contribution in [3.05, 3.63) is 35.9 Å². The van der Waals surface area contributed by atoms with Crippen LogP contribution in [0.4, 0.5) is 9.59 Å². The van der Waals surface area contributed by atoms with Crippen LogP contribution >= 0.6 is 0 Å². The standard InChI is InChI=1S/C17H25N3O3/c1-3-18(14-15-8-6-5-7-9-15)16(21)19-10-12-20(13-11-19)17(22)23-4-2/h5-9H,3-4,10-14H2,1-2H3. The van der Waals surface area contributed by atoms with Crippen LogP contribution < -0.4 is 0 Å². The fraction of sp³-hybridized carbons (Fsp3) is 0.529. The average molecular weight is 319 g/mol. The monoisotopic (exact) mass is 319 g/mol. The lowest BCUT2D eigenvalue weighted by Gasteiger charge is -2.36. The van der Waals surface area contributed by atoms with Crippen LogP contribution in [0.1, 0.15) is 19.4 Å². The van der Waals surface area contributed by atoms with Crippen LogP contribution in [-0.4, -0.2) is 66.2 Å². The van der Waals surface area contributed by atoms with Gasteiger partial charge in [0.1, 0.15) is 0 Å². The molecular weight excluding hydrogens is 294 g/mol. The Morgan fingerprint density at radius 2 is 1.65 bits per heavy atom. The van der Waals surface area contributed by atoms with Crippen LogP contribution in [0.25, 0.3) is 0 Å². The summed E-state index contributed by atoms with van der Waals surface area (Å²) in [6, 6.07) is 10.00. The number of urea groups is 1. The van der Waals surface area contributed by atoms with E-state index in [0.717, 1.165) is 5.56 Å². The Morgan fingerprint density at radius 1 is 1.04 bits per heavy atom. The smallest absolute Gasteiger partial charge is 0.409 e. The van der Waals surface area contributed by atoms with Gasteiger partial charge in [0.15, 0.2) is 0 Å². The summed E-state index contributed by atoms with van der Waals surface area (Å²) < 4.78 is 5.00. The molecule has 0 spiro atoms. The summed E-state index contributed by atoms with van der Waals surface area (Å²) in [4.78, 5) is 29.6. The van der Waals surface area contributed by atoms with Crippen LogP contribution in [0.2, 0.25) is 0 Å². The maximum atomic E-state index is 12.7. The van der Waals surface area contributed by atoms with E-state index in [2.05, 4.69) is 0 Å². The second kappa shape index (κ2) is 8.41. The van der Waals surface area contributed by atoms with Crippen molar-refractivity contribution in [1.29, 1.82) is 0 Å². The lowest BCUT2D eigenvalue weighted by atomic mass is 10.2. The third-order valence-electron chi connectivity index (χ3n) is 3.94. The zero-order valence-corrected chi connectivity index (χ0v) is 13.9. The Bertz CT molecular complexity index is 513. The van der Waals surface area contributed by atoms with Gasteiger partial charge >= 0.3 is 12.1 Å².